The van der Waals surface area contributed by atoms with E-state index in [0.29, 0.717) is 16.7 Å². The Balaban J connectivity index is 1.60. The first kappa shape index (κ1) is 16.5. The number of fused-ring (bicyclic) bond motifs is 3. The molecule has 0 saturated carbocycles. The zero-order chi connectivity index (χ0) is 18.5. The molecule has 3 heterocycles. The number of carbonyl (C=O) groups excluding carboxylic acids is 1. The molecular formula is C20H16N2O4S. The molecule has 27 heavy (non-hydrogen) atoms. The van der Waals surface area contributed by atoms with Crippen molar-refractivity contribution in [2.45, 2.75) is 25.7 Å². The SMILES string of the molecule is COc1cccc2cc(C3=NC(=O)C4C(=N3)SC3=C4CCCC3)c(=O)oc12. The van der Waals surface area contributed by atoms with Gasteiger partial charge in [0.15, 0.2) is 17.2 Å². The van der Waals surface area contributed by atoms with E-state index in [2.05, 4.69) is 9.98 Å². The molecule has 0 radical (unpaired) electrons. The predicted octanol–water partition coefficient (Wildman–Crippen LogP) is 3.68. The van der Waals surface area contributed by atoms with Crippen molar-refractivity contribution >= 4 is 39.5 Å². The summed E-state index contributed by atoms with van der Waals surface area (Å²) in [6, 6.07) is 7.01. The Morgan fingerprint density at radius 1 is 1.19 bits per heavy atom. The van der Waals surface area contributed by atoms with Crippen molar-refractivity contribution in [3.05, 3.63) is 50.7 Å². The van der Waals surface area contributed by atoms with Crippen LogP contribution >= 0.6 is 11.8 Å². The van der Waals surface area contributed by atoms with Crippen molar-refractivity contribution < 1.29 is 13.9 Å². The van der Waals surface area contributed by atoms with Crippen molar-refractivity contribution in [1.82, 2.24) is 0 Å². The minimum atomic E-state index is -0.581. The van der Waals surface area contributed by atoms with Crippen LogP contribution in [0.1, 0.15) is 31.2 Å². The number of carbonyl (C=O) groups is 1. The smallest absolute Gasteiger partial charge is 0.347 e. The van der Waals surface area contributed by atoms with Crippen LogP contribution in [-0.2, 0) is 4.79 Å². The van der Waals surface area contributed by atoms with Gasteiger partial charge in [0.2, 0.25) is 0 Å². The highest BCUT2D eigenvalue weighted by Crippen LogP contribution is 2.47. The summed E-state index contributed by atoms with van der Waals surface area (Å²) >= 11 is 1.57. The molecule has 1 aromatic heterocycles. The van der Waals surface area contributed by atoms with Gasteiger partial charge in [-0.15, -0.1) is 0 Å². The lowest BCUT2D eigenvalue weighted by atomic mass is 9.89. The molecule has 0 bridgehead atoms. The van der Waals surface area contributed by atoms with Crippen molar-refractivity contribution in [3.63, 3.8) is 0 Å². The standard InChI is InChI=1S/C20H16N2O4S/c1-25-13-7-4-5-10-9-12(20(24)26-16(10)13)17-21-18(23)15-11-6-2-3-8-14(11)27-19(15)22-17/h4-5,7,9,15H,2-3,6,8H2,1H3. The van der Waals surface area contributed by atoms with Gasteiger partial charge in [-0.25, -0.2) is 9.79 Å². The van der Waals surface area contributed by atoms with Crippen LogP contribution in [-0.4, -0.2) is 23.9 Å². The number of thioether (sulfide) groups is 1. The molecule has 2 aliphatic heterocycles. The number of allylic oxidation sites excluding steroid dienone is 1. The third kappa shape index (κ3) is 2.56. The van der Waals surface area contributed by atoms with Crippen LogP contribution in [0.2, 0.25) is 0 Å². The molecule has 2 aromatic rings. The van der Waals surface area contributed by atoms with Crippen LogP contribution in [0.15, 0.2) is 53.9 Å². The van der Waals surface area contributed by atoms with Crippen LogP contribution in [0.3, 0.4) is 0 Å². The van der Waals surface area contributed by atoms with E-state index in [1.165, 1.54) is 17.6 Å². The first-order valence-electron chi connectivity index (χ1n) is 8.88. The molecule has 3 aliphatic rings. The summed E-state index contributed by atoms with van der Waals surface area (Å²) in [5, 5.41) is 1.43. The molecule has 5 rings (SSSR count). The number of hydrogen-bond acceptors (Lipinski definition) is 6. The van der Waals surface area contributed by atoms with Crippen molar-refractivity contribution in [3.8, 4) is 5.75 Å². The number of benzene rings is 1. The van der Waals surface area contributed by atoms with Gasteiger partial charge in [0.05, 0.1) is 12.2 Å². The predicted molar refractivity (Wildman–Crippen MR) is 105 cm³/mol. The van der Waals surface area contributed by atoms with Gasteiger partial charge in [-0.05, 0) is 48.3 Å². The Bertz CT molecular complexity index is 1140. The summed E-state index contributed by atoms with van der Waals surface area (Å²) in [5.41, 5.74) is 1.16. The van der Waals surface area contributed by atoms with Crippen LogP contribution < -0.4 is 10.4 Å². The molecule has 1 amide bonds. The first-order chi connectivity index (χ1) is 13.2. The lowest BCUT2D eigenvalue weighted by Crippen LogP contribution is -2.28. The number of amidine groups is 1. The number of ether oxygens (including phenoxy) is 1. The number of hydrogen-bond donors (Lipinski definition) is 0. The van der Waals surface area contributed by atoms with E-state index in [9.17, 15) is 9.59 Å². The normalized spacial score (nSPS) is 21.7. The van der Waals surface area contributed by atoms with E-state index in [0.717, 1.165) is 30.7 Å². The largest absolute Gasteiger partial charge is 0.493 e. The summed E-state index contributed by atoms with van der Waals surface area (Å²) in [7, 11) is 1.52. The van der Waals surface area contributed by atoms with Gasteiger partial charge in [0, 0.05) is 5.39 Å². The summed E-state index contributed by atoms with van der Waals surface area (Å²) in [5.74, 6) is 0.0330. The van der Waals surface area contributed by atoms with Crippen molar-refractivity contribution in [1.29, 1.82) is 0 Å². The number of aliphatic imine (C=N–C) groups is 2. The Labute approximate surface area is 159 Å². The fourth-order valence-corrected chi connectivity index (χ4v) is 5.20. The molecule has 0 fully saturated rings. The second kappa shape index (κ2) is 6.20. The highest BCUT2D eigenvalue weighted by Gasteiger charge is 2.41. The Kier molecular flexibility index (Phi) is 3.79. The lowest BCUT2D eigenvalue weighted by molar-refractivity contribution is -0.118. The molecule has 1 aliphatic carbocycles. The summed E-state index contributed by atoms with van der Waals surface area (Å²) in [6.07, 6.45) is 4.17. The average Bonchev–Trinajstić information content (AvgIpc) is 3.05. The Morgan fingerprint density at radius 2 is 2.04 bits per heavy atom. The quantitative estimate of drug-likeness (QED) is 0.743. The van der Waals surface area contributed by atoms with Crippen LogP contribution in [0, 0.1) is 5.92 Å². The number of amides is 1. The molecule has 0 saturated heterocycles. The monoisotopic (exact) mass is 380 g/mol. The molecule has 1 atom stereocenters. The zero-order valence-corrected chi connectivity index (χ0v) is 15.5. The van der Waals surface area contributed by atoms with Crippen LogP contribution in [0.5, 0.6) is 5.75 Å². The number of rotatable bonds is 2. The zero-order valence-electron chi connectivity index (χ0n) is 14.7. The van der Waals surface area contributed by atoms with E-state index in [1.54, 1.807) is 23.9 Å². The van der Waals surface area contributed by atoms with E-state index < -0.39 is 5.63 Å². The second-order valence-corrected chi connectivity index (χ2v) is 7.86. The van der Waals surface area contributed by atoms with Gasteiger partial charge in [-0.2, -0.15) is 4.99 Å². The van der Waals surface area contributed by atoms with Gasteiger partial charge in [0.1, 0.15) is 11.5 Å². The van der Waals surface area contributed by atoms with E-state index >= 15 is 0 Å². The molecule has 7 heteroatoms. The van der Waals surface area contributed by atoms with Gasteiger partial charge >= 0.3 is 5.63 Å². The third-order valence-electron chi connectivity index (χ3n) is 5.15. The van der Waals surface area contributed by atoms with Gasteiger partial charge in [0.25, 0.3) is 5.91 Å². The highest BCUT2D eigenvalue weighted by atomic mass is 32.2. The second-order valence-electron chi connectivity index (χ2n) is 6.74. The number of para-hydroxylation sites is 1. The number of nitrogens with zero attached hydrogens (tertiary/aromatic N) is 2. The Hall–Kier alpha value is -2.67. The fraction of sp³-hybridized carbons (Fsp3) is 0.300. The van der Waals surface area contributed by atoms with E-state index in [4.69, 9.17) is 9.15 Å². The minimum absolute atomic E-state index is 0.136. The van der Waals surface area contributed by atoms with Crippen molar-refractivity contribution in [2.75, 3.05) is 7.11 Å². The Morgan fingerprint density at radius 3 is 2.89 bits per heavy atom. The fourth-order valence-electron chi connectivity index (χ4n) is 3.85. The minimum Gasteiger partial charge on any atom is -0.493 e. The molecule has 0 N–H and O–H groups in total. The van der Waals surface area contributed by atoms with E-state index in [-0.39, 0.29) is 23.2 Å². The maximum atomic E-state index is 12.7. The van der Waals surface area contributed by atoms with Crippen molar-refractivity contribution in [2.24, 2.45) is 15.9 Å². The van der Waals surface area contributed by atoms with Gasteiger partial charge < -0.3 is 9.15 Å². The molecule has 1 unspecified atom stereocenters. The molecule has 1 aromatic carbocycles. The molecular weight excluding hydrogens is 364 g/mol. The molecule has 136 valence electrons. The van der Waals surface area contributed by atoms with Gasteiger partial charge in [-0.3, -0.25) is 4.79 Å². The maximum Gasteiger partial charge on any atom is 0.347 e. The lowest BCUT2D eigenvalue weighted by Gasteiger charge is -2.18. The highest BCUT2D eigenvalue weighted by molar-refractivity contribution is 8.17. The number of methoxy groups -OCH3 is 1. The summed E-state index contributed by atoms with van der Waals surface area (Å²) in [4.78, 5) is 35.2. The summed E-state index contributed by atoms with van der Waals surface area (Å²) < 4.78 is 10.7. The first-order valence-corrected chi connectivity index (χ1v) is 9.69. The van der Waals surface area contributed by atoms with Crippen LogP contribution in [0.4, 0.5) is 0 Å². The molecule has 6 nitrogen and oxygen atoms in total. The third-order valence-corrected chi connectivity index (χ3v) is 6.39. The average molecular weight is 380 g/mol. The van der Waals surface area contributed by atoms with Crippen LogP contribution in [0.25, 0.3) is 11.0 Å². The van der Waals surface area contributed by atoms with E-state index in [1.807, 2.05) is 12.1 Å². The molecule has 0 spiro atoms. The maximum absolute atomic E-state index is 12.7. The van der Waals surface area contributed by atoms with Gasteiger partial charge in [-0.1, -0.05) is 23.9 Å². The topological polar surface area (TPSA) is 81.2 Å². The summed E-state index contributed by atoms with van der Waals surface area (Å²) in [6.45, 7) is 0.